The van der Waals surface area contributed by atoms with E-state index < -0.39 is 7.60 Å². The predicted octanol–water partition coefficient (Wildman–Crippen LogP) is -0.281. The molecule has 1 aromatic heterocycles. The Morgan fingerprint density at radius 1 is 1.58 bits per heavy atom. The van der Waals surface area contributed by atoms with Gasteiger partial charge in [-0.3, -0.25) is 4.57 Å². The van der Waals surface area contributed by atoms with Crippen molar-refractivity contribution in [3.05, 3.63) is 12.7 Å². The zero-order valence-corrected chi connectivity index (χ0v) is 7.31. The van der Waals surface area contributed by atoms with Gasteiger partial charge in [-0.15, -0.1) is 0 Å². The summed E-state index contributed by atoms with van der Waals surface area (Å²) in [5.74, 6) is 0. The highest BCUT2D eigenvalue weighted by Crippen LogP contribution is 2.38. The standard InChI is InChI=1S/C5H8N3O3P/c1-2-11-12(9,10)5-7-3-6-4-8-5/h3-4H,2H2,1H3,(H,9,10). The third kappa shape index (κ3) is 2.07. The van der Waals surface area contributed by atoms with E-state index in [4.69, 9.17) is 4.89 Å². The monoisotopic (exact) mass is 189 g/mol. The minimum Gasteiger partial charge on any atom is -0.319 e. The van der Waals surface area contributed by atoms with Crippen molar-refractivity contribution in [2.45, 2.75) is 6.92 Å². The zero-order valence-electron chi connectivity index (χ0n) is 6.41. The summed E-state index contributed by atoms with van der Waals surface area (Å²) in [5, 5.41) is 0. The van der Waals surface area contributed by atoms with E-state index in [2.05, 4.69) is 19.5 Å². The zero-order chi connectivity index (χ0) is 9.03. The molecule has 0 amide bonds. The highest BCUT2D eigenvalue weighted by Gasteiger charge is 2.25. The minimum atomic E-state index is -3.81. The molecular weight excluding hydrogens is 181 g/mol. The second kappa shape index (κ2) is 3.71. The van der Waals surface area contributed by atoms with Gasteiger partial charge in [0.2, 0.25) is 5.57 Å². The highest BCUT2D eigenvalue weighted by atomic mass is 31.2. The van der Waals surface area contributed by atoms with Crippen LogP contribution in [0, 0.1) is 0 Å². The molecule has 12 heavy (non-hydrogen) atoms. The number of aromatic nitrogens is 3. The van der Waals surface area contributed by atoms with Gasteiger partial charge >= 0.3 is 7.60 Å². The van der Waals surface area contributed by atoms with Crippen molar-refractivity contribution in [2.24, 2.45) is 0 Å². The smallest absolute Gasteiger partial charge is 0.319 e. The van der Waals surface area contributed by atoms with E-state index in [0.717, 1.165) is 12.7 Å². The lowest BCUT2D eigenvalue weighted by Gasteiger charge is -2.06. The van der Waals surface area contributed by atoms with Crippen LogP contribution >= 0.6 is 7.60 Å². The Balaban J connectivity index is 2.90. The summed E-state index contributed by atoms with van der Waals surface area (Å²) in [5.41, 5.74) is -0.223. The van der Waals surface area contributed by atoms with Gasteiger partial charge in [-0.2, -0.15) is 0 Å². The summed E-state index contributed by atoms with van der Waals surface area (Å²) in [6.07, 6.45) is 2.29. The van der Waals surface area contributed by atoms with E-state index in [0.29, 0.717) is 0 Å². The Kier molecular flexibility index (Phi) is 2.86. The molecule has 1 aromatic rings. The van der Waals surface area contributed by atoms with Crippen LogP contribution in [0.15, 0.2) is 12.7 Å². The predicted molar refractivity (Wildman–Crippen MR) is 40.9 cm³/mol. The van der Waals surface area contributed by atoms with E-state index in [1.807, 2.05) is 0 Å². The van der Waals surface area contributed by atoms with E-state index in [9.17, 15) is 4.57 Å². The molecule has 6 nitrogen and oxygen atoms in total. The van der Waals surface area contributed by atoms with Gasteiger partial charge in [0.25, 0.3) is 0 Å². The molecule has 0 bridgehead atoms. The van der Waals surface area contributed by atoms with Crippen molar-refractivity contribution in [3.8, 4) is 0 Å². The van der Waals surface area contributed by atoms with Crippen molar-refractivity contribution >= 4 is 13.2 Å². The molecule has 1 N–H and O–H groups in total. The van der Waals surface area contributed by atoms with Gasteiger partial charge in [0.1, 0.15) is 12.7 Å². The number of hydrogen-bond donors (Lipinski definition) is 1. The summed E-state index contributed by atoms with van der Waals surface area (Å²) in [6.45, 7) is 1.75. The molecule has 0 fully saturated rings. The molecule has 1 rings (SSSR count). The van der Waals surface area contributed by atoms with Gasteiger partial charge in [-0.05, 0) is 6.92 Å². The third-order valence-corrected chi connectivity index (χ3v) is 2.38. The average molecular weight is 189 g/mol. The molecule has 0 saturated heterocycles. The van der Waals surface area contributed by atoms with Gasteiger partial charge in [0, 0.05) is 0 Å². The minimum absolute atomic E-state index is 0.138. The third-order valence-electron chi connectivity index (χ3n) is 1.04. The van der Waals surface area contributed by atoms with Crippen molar-refractivity contribution < 1.29 is 14.0 Å². The molecule has 0 aliphatic heterocycles. The molecule has 0 aliphatic carbocycles. The van der Waals surface area contributed by atoms with Crippen LogP contribution in [0.3, 0.4) is 0 Å². The first-order chi connectivity index (χ1) is 5.67. The van der Waals surface area contributed by atoms with Crippen LogP contribution in [0.25, 0.3) is 0 Å². The SMILES string of the molecule is CCOP(=O)(O)c1ncncn1. The first-order valence-electron chi connectivity index (χ1n) is 3.26. The summed E-state index contributed by atoms with van der Waals surface area (Å²) in [6, 6.07) is 0. The fourth-order valence-electron chi connectivity index (χ4n) is 0.612. The molecule has 0 aliphatic rings. The molecule has 0 radical (unpaired) electrons. The molecule has 0 spiro atoms. The summed E-state index contributed by atoms with van der Waals surface area (Å²) in [7, 11) is -3.81. The lowest BCUT2D eigenvalue weighted by atomic mass is 10.9. The number of nitrogens with zero attached hydrogens (tertiary/aromatic N) is 3. The van der Waals surface area contributed by atoms with Crippen molar-refractivity contribution in [2.75, 3.05) is 6.61 Å². The maximum atomic E-state index is 11.2. The van der Waals surface area contributed by atoms with Crippen LogP contribution in [0.4, 0.5) is 0 Å². The summed E-state index contributed by atoms with van der Waals surface area (Å²) in [4.78, 5) is 19.7. The molecule has 1 atom stereocenters. The highest BCUT2D eigenvalue weighted by molar-refractivity contribution is 7.60. The van der Waals surface area contributed by atoms with Crippen molar-refractivity contribution in [1.29, 1.82) is 0 Å². The molecule has 66 valence electrons. The lowest BCUT2D eigenvalue weighted by molar-refractivity contribution is 0.282. The summed E-state index contributed by atoms with van der Waals surface area (Å²) >= 11 is 0. The van der Waals surface area contributed by atoms with Crippen LogP contribution < -0.4 is 5.57 Å². The molecule has 1 unspecified atom stereocenters. The summed E-state index contributed by atoms with van der Waals surface area (Å²) < 4.78 is 15.8. The van der Waals surface area contributed by atoms with Gasteiger partial charge < -0.3 is 9.42 Å². The fraction of sp³-hybridized carbons (Fsp3) is 0.400. The maximum Gasteiger partial charge on any atom is 0.395 e. The molecular formula is C5H8N3O3P. The first-order valence-corrected chi connectivity index (χ1v) is 4.84. The molecule has 0 saturated carbocycles. The Morgan fingerprint density at radius 3 is 2.67 bits per heavy atom. The largest absolute Gasteiger partial charge is 0.395 e. The van der Waals surface area contributed by atoms with Gasteiger partial charge in [-0.1, -0.05) is 0 Å². The van der Waals surface area contributed by atoms with Gasteiger partial charge in [0.15, 0.2) is 0 Å². The van der Waals surface area contributed by atoms with Crippen LogP contribution in [-0.4, -0.2) is 26.5 Å². The van der Waals surface area contributed by atoms with Gasteiger partial charge in [0.05, 0.1) is 6.61 Å². The maximum absolute atomic E-state index is 11.2. The Hall–Kier alpha value is -0.840. The van der Waals surface area contributed by atoms with Crippen molar-refractivity contribution in [1.82, 2.24) is 15.0 Å². The molecule has 1 heterocycles. The van der Waals surface area contributed by atoms with E-state index in [1.54, 1.807) is 6.92 Å². The normalized spacial score (nSPS) is 15.5. The van der Waals surface area contributed by atoms with Crippen LogP contribution in [0.1, 0.15) is 6.92 Å². The Morgan fingerprint density at radius 2 is 2.17 bits per heavy atom. The Bertz CT molecular complexity index is 291. The quantitative estimate of drug-likeness (QED) is 0.658. The van der Waals surface area contributed by atoms with Crippen LogP contribution in [0.2, 0.25) is 0 Å². The average Bonchev–Trinajstić information content (AvgIpc) is 2.06. The van der Waals surface area contributed by atoms with E-state index >= 15 is 0 Å². The Labute approximate surface area is 69.2 Å². The topological polar surface area (TPSA) is 85.2 Å². The second-order valence-electron chi connectivity index (χ2n) is 1.88. The molecule has 7 heteroatoms. The van der Waals surface area contributed by atoms with Crippen LogP contribution in [0.5, 0.6) is 0 Å². The lowest BCUT2D eigenvalue weighted by Crippen LogP contribution is -2.15. The van der Waals surface area contributed by atoms with Crippen LogP contribution in [-0.2, 0) is 9.09 Å². The van der Waals surface area contributed by atoms with Crippen molar-refractivity contribution in [3.63, 3.8) is 0 Å². The number of hydrogen-bond acceptors (Lipinski definition) is 5. The first kappa shape index (κ1) is 9.25. The van der Waals surface area contributed by atoms with E-state index in [-0.39, 0.29) is 12.2 Å². The number of rotatable bonds is 3. The van der Waals surface area contributed by atoms with E-state index in [1.165, 1.54) is 0 Å². The molecule has 0 aromatic carbocycles. The van der Waals surface area contributed by atoms with Gasteiger partial charge in [-0.25, -0.2) is 15.0 Å². The fourth-order valence-corrected chi connectivity index (χ4v) is 1.47. The second-order valence-corrected chi connectivity index (χ2v) is 3.58.